The van der Waals surface area contributed by atoms with E-state index in [0.29, 0.717) is 17.7 Å². The molecule has 0 aliphatic carbocycles. The number of aromatic amines is 1. The van der Waals surface area contributed by atoms with Crippen LogP contribution in [0, 0.1) is 5.82 Å². The van der Waals surface area contributed by atoms with Gasteiger partial charge in [-0.05, 0) is 49.2 Å². The van der Waals surface area contributed by atoms with Gasteiger partial charge in [-0.1, -0.05) is 58.5 Å². The Morgan fingerprint density at radius 2 is 1.81 bits per heavy atom. The molecule has 0 aliphatic rings. The predicted molar refractivity (Wildman–Crippen MR) is 118 cm³/mol. The number of rotatable bonds is 5. The van der Waals surface area contributed by atoms with Gasteiger partial charge >= 0.3 is 0 Å². The lowest BCUT2D eigenvalue weighted by molar-refractivity contribution is 0.624. The molecule has 2 aromatic carbocycles. The van der Waals surface area contributed by atoms with Crippen molar-refractivity contribution < 1.29 is 4.39 Å². The van der Waals surface area contributed by atoms with E-state index in [9.17, 15) is 4.39 Å². The first-order valence-electron chi connectivity index (χ1n) is 8.84. The quantitative estimate of drug-likeness (QED) is 0.245. The first-order valence-corrected chi connectivity index (χ1v) is 10.4. The Morgan fingerprint density at radius 1 is 1.11 bits per heavy atom. The summed E-state index contributed by atoms with van der Waals surface area (Å²) in [5, 5.41) is 12.1. The Hall–Kier alpha value is -1.73. The number of H-pyrrole nitrogens is 1. The Bertz CT molecular complexity index is 921. The molecule has 0 amide bonds. The van der Waals surface area contributed by atoms with Gasteiger partial charge in [-0.15, -0.1) is 0 Å². The Balaban J connectivity index is 0.000000194. The van der Waals surface area contributed by atoms with Crippen molar-refractivity contribution in [2.45, 2.75) is 39.5 Å². The summed E-state index contributed by atoms with van der Waals surface area (Å²) in [5.41, 5.74) is 3.36. The summed E-state index contributed by atoms with van der Waals surface area (Å²) in [6, 6.07) is 10.9. The molecular weight excluding hydrogens is 475 g/mol. The normalized spacial score (nSPS) is 11.4. The van der Waals surface area contributed by atoms with Crippen molar-refractivity contribution in [3.63, 3.8) is 0 Å². The Labute approximate surface area is 175 Å². The zero-order valence-electron chi connectivity index (χ0n) is 15.4. The molecule has 0 fully saturated rings. The van der Waals surface area contributed by atoms with Crippen LogP contribution in [0.5, 0.6) is 0 Å². The highest BCUT2D eigenvalue weighted by Gasteiger charge is 2.09. The first kappa shape index (κ1) is 21.6. The van der Waals surface area contributed by atoms with Gasteiger partial charge in [0.1, 0.15) is 5.82 Å². The molecule has 0 atom stereocenters. The summed E-state index contributed by atoms with van der Waals surface area (Å²) in [7, 11) is 0. The number of nitrogens with zero attached hydrogens (tertiary/aromatic N) is 2. The molecule has 0 unspecified atom stereocenters. The molecule has 27 heavy (non-hydrogen) atoms. The van der Waals surface area contributed by atoms with Crippen LogP contribution in [0.25, 0.3) is 10.9 Å². The molecule has 0 aliphatic heterocycles. The van der Waals surface area contributed by atoms with Gasteiger partial charge in [0.05, 0.1) is 11.2 Å². The highest BCUT2D eigenvalue weighted by atomic mass is 79.9. The number of fused-ring (bicyclic) bond motifs is 1. The minimum Gasteiger partial charge on any atom is -0.323 e. The lowest BCUT2D eigenvalue weighted by Crippen LogP contribution is -2.06. The van der Waals surface area contributed by atoms with Crippen molar-refractivity contribution in [3.8, 4) is 0 Å². The Kier molecular flexibility index (Phi) is 8.44. The number of nitrogens with one attached hydrogen (secondary N) is 1. The fourth-order valence-electron chi connectivity index (χ4n) is 2.70. The van der Waals surface area contributed by atoms with Crippen LogP contribution in [0.2, 0.25) is 0 Å². The number of aryl methyl sites for hydroxylation is 1. The molecule has 1 heterocycles. The molecule has 0 bridgehead atoms. The van der Waals surface area contributed by atoms with E-state index in [1.54, 1.807) is 12.1 Å². The molecule has 0 radical (unpaired) electrons. The first-order chi connectivity index (χ1) is 13.0. The number of nitrogens with two attached hydrogens (primary N) is 1. The second kappa shape index (κ2) is 10.6. The average Bonchev–Trinajstić information content (AvgIpc) is 3.05. The third-order valence-electron chi connectivity index (χ3n) is 3.98. The lowest BCUT2D eigenvalue weighted by Gasteiger charge is -2.05. The molecule has 3 aromatic rings. The van der Waals surface area contributed by atoms with E-state index in [2.05, 4.69) is 60.1 Å². The van der Waals surface area contributed by atoms with Crippen molar-refractivity contribution in [3.05, 3.63) is 62.4 Å². The van der Waals surface area contributed by atoms with E-state index in [0.717, 1.165) is 33.7 Å². The predicted octanol–water partition coefficient (Wildman–Crippen LogP) is 6.33. The van der Waals surface area contributed by atoms with Crippen LogP contribution in [0.4, 0.5) is 4.39 Å². The highest BCUT2D eigenvalue weighted by molar-refractivity contribution is 9.10. The van der Waals surface area contributed by atoms with Crippen LogP contribution in [0.1, 0.15) is 44.4 Å². The van der Waals surface area contributed by atoms with E-state index in [1.165, 1.54) is 17.1 Å². The maximum Gasteiger partial charge on any atom is 0.132 e. The molecule has 1 aromatic heterocycles. The second-order valence-corrected chi connectivity index (χ2v) is 7.89. The van der Waals surface area contributed by atoms with Gasteiger partial charge in [0.25, 0.3) is 0 Å². The van der Waals surface area contributed by atoms with Crippen LogP contribution in [0.3, 0.4) is 0 Å². The summed E-state index contributed by atoms with van der Waals surface area (Å²) in [6.45, 7) is 4.17. The molecule has 3 rings (SSSR count). The molecule has 0 saturated heterocycles. The zero-order valence-corrected chi connectivity index (χ0v) is 18.6. The number of hydrazone groups is 1. The SMILES string of the molecule is CCC/C(=N/N)c1cc(Br)ccc1F.CCCc1[nH]nc2ccc(Br)cc12. The number of benzene rings is 2. The minimum atomic E-state index is -0.286. The van der Waals surface area contributed by atoms with Crippen molar-refractivity contribution >= 4 is 48.5 Å². The van der Waals surface area contributed by atoms with Crippen LogP contribution in [-0.2, 0) is 6.42 Å². The fraction of sp³-hybridized carbons (Fsp3) is 0.300. The van der Waals surface area contributed by atoms with E-state index >= 15 is 0 Å². The topological polar surface area (TPSA) is 67.1 Å². The Morgan fingerprint density at radius 3 is 2.48 bits per heavy atom. The van der Waals surface area contributed by atoms with Gasteiger partial charge in [-0.25, -0.2) is 4.39 Å². The van der Waals surface area contributed by atoms with Gasteiger partial charge < -0.3 is 5.84 Å². The van der Waals surface area contributed by atoms with Gasteiger partial charge in [-0.2, -0.15) is 10.2 Å². The summed E-state index contributed by atoms with van der Waals surface area (Å²) < 4.78 is 15.3. The number of hydrogen-bond acceptors (Lipinski definition) is 3. The molecule has 4 nitrogen and oxygen atoms in total. The minimum absolute atomic E-state index is 0.286. The van der Waals surface area contributed by atoms with Crippen molar-refractivity contribution in [1.29, 1.82) is 0 Å². The molecular formula is C20H23Br2FN4. The molecule has 0 saturated carbocycles. The van der Waals surface area contributed by atoms with Gasteiger partial charge in [0, 0.05) is 25.6 Å². The highest BCUT2D eigenvalue weighted by Crippen LogP contribution is 2.21. The number of halogens is 3. The average molecular weight is 498 g/mol. The molecule has 144 valence electrons. The largest absolute Gasteiger partial charge is 0.323 e. The van der Waals surface area contributed by atoms with Crippen LogP contribution >= 0.6 is 31.9 Å². The van der Waals surface area contributed by atoms with Gasteiger partial charge in [0.15, 0.2) is 0 Å². The zero-order chi connectivity index (χ0) is 19.8. The standard InChI is InChI=1S/C10H12BrFN2.C10H11BrN2/c1-2-3-10(14-13)8-6-7(11)4-5-9(8)12;1-2-3-9-8-6-7(11)4-5-10(8)13-12-9/h4-6H,2-3,13H2,1H3;4-6H,2-3H2,1H3,(H,12,13)/b14-10-;. The smallest absolute Gasteiger partial charge is 0.132 e. The number of hydrogen-bond donors (Lipinski definition) is 2. The van der Waals surface area contributed by atoms with Crippen LogP contribution < -0.4 is 5.84 Å². The molecule has 0 spiro atoms. The molecule has 7 heteroatoms. The van der Waals surface area contributed by atoms with E-state index in [-0.39, 0.29) is 5.82 Å². The maximum atomic E-state index is 13.4. The maximum absolute atomic E-state index is 13.4. The monoisotopic (exact) mass is 496 g/mol. The third kappa shape index (κ3) is 5.87. The van der Waals surface area contributed by atoms with E-state index < -0.39 is 0 Å². The third-order valence-corrected chi connectivity index (χ3v) is 4.96. The summed E-state index contributed by atoms with van der Waals surface area (Å²) >= 11 is 6.74. The van der Waals surface area contributed by atoms with Gasteiger partial charge in [-0.3, -0.25) is 5.10 Å². The summed E-state index contributed by atoms with van der Waals surface area (Å²) in [6.07, 6.45) is 3.78. The fourth-order valence-corrected chi connectivity index (χ4v) is 3.42. The summed E-state index contributed by atoms with van der Waals surface area (Å²) in [4.78, 5) is 0. The van der Waals surface area contributed by atoms with Gasteiger partial charge in [0.2, 0.25) is 0 Å². The van der Waals surface area contributed by atoms with Crippen LogP contribution in [-0.4, -0.2) is 15.9 Å². The van der Waals surface area contributed by atoms with Crippen molar-refractivity contribution in [2.24, 2.45) is 10.9 Å². The van der Waals surface area contributed by atoms with Crippen molar-refractivity contribution in [2.75, 3.05) is 0 Å². The second-order valence-electron chi connectivity index (χ2n) is 6.06. The van der Waals surface area contributed by atoms with E-state index in [1.807, 2.05) is 19.1 Å². The molecule has 3 N–H and O–H groups in total. The number of aromatic nitrogens is 2. The van der Waals surface area contributed by atoms with E-state index in [4.69, 9.17) is 5.84 Å². The summed E-state index contributed by atoms with van der Waals surface area (Å²) in [5.74, 6) is 4.93. The lowest BCUT2D eigenvalue weighted by atomic mass is 10.1. The van der Waals surface area contributed by atoms with Crippen LogP contribution in [0.15, 0.2) is 50.4 Å². The van der Waals surface area contributed by atoms with Crippen molar-refractivity contribution in [1.82, 2.24) is 10.2 Å².